The van der Waals surface area contributed by atoms with Gasteiger partial charge in [0.2, 0.25) is 5.91 Å². The van der Waals surface area contributed by atoms with Crippen molar-refractivity contribution in [1.82, 2.24) is 4.98 Å². The molecule has 0 spiro atoms. The lowest BCUT2D eigenvalue weighted by atomic mass is 10.1. The number of amides is 1. The molecule has 4 nitrogen and oxygen atoms in total. The van der Waals surface area contributed by atoms with E-state index in [9.17, 15) is 10.1 Å². The van der Waals surface area contributed by atoms with Crippen LogP contribution in [0.5, 0.6) is 0 Å². The van der Waals surface area contributed by atoms with E-state index in [4.69, 9.17) is 0 Å². The predicted octanol–water partition coefficient (Wildman–Crippen LogP) is 5.00. The van der Waals surface area contributed by atoms with Crippen LogP contribution in [0, 0.1) is 45.9 Å². The minimum atomic E-state index is -0.308. The van der Waals surface area contributed by atoms with E-state index in [0.29, 0.717) is 17.0 Å². The number of carbonyl (C=O) groups excluding carboxylic acids is 1. The standard InChI is InChI=1S/C21H25N3OS/c1-7-19(20(25)24-17-9-8-12(2)13(3)10-17)26-21-18(11-22)15(5)14(4)16(6)23-21/h8-10,19H,7H2,1-6H3,(H,24,25). The number of anilines is 1. The molecule has 1 aromatic carbocycles. The highest BCUT2D eigenvalue weighted by atomic mass is 32.2. The molecule has 0 radical (unpaired) electrons. The molecule has 1 heterocycles. The summed E-state index contributed by atoms with van der Waals surface area (Å²) in [7, 11) is 0. The Hall–Kier alpha value is -2.32. The first-order valence-corrected chi connectivity index (χ1v) is 9.59. The van der Waals surface area contributed by atoms with E-state index >= 15 is 0 Å². The Morgan fingerprint density at radius 1 is 1.19 bits per heavy atom. The summed E-state index contributed by atoms with van der Waals surface area (Å²) in [5.41, 5.74) is 6.55. The molecular weight excluding hydrogens is 342 g/mol. The molecule has 1 aromatic heterocycles. The van der Waals surface area contributed by atoms with Gasteiger partial charge in [0.15, 0.2) is 0 Å². The predicted molar refractivity (Wildman–Crippen MR) is 108 cm³/mol. The molecule has 26 heavy (non-hydrogen) atoms. The molecule has 0 aliphatic carbocycles. The average Bonchev–Trinajstić information content (AvgIpc) is 2.60. The van der Waals surface area contributed by atoms with Gasteiger partial charge >= 0.3 is 0 Å². The van der Waals surface area contributed by atoms with Crippen LogP contribution < -0.4 is 5.32 Å². The van der Waals surface area contributed by atoms with Crippen LogP contribution in [0.3, 0.4) is 0 Å². The van der Waals surface area contributed by atoms with Crippen LogP contribution in [-0.2, 0) is 4.79 Å². The third-order valence-corrected chi connectivity index (χ3v) is 6.12. The summed E-state index contributed by atoms with van der Waals surface area (Å²) >= 11 is 1.37. The summed E-state index contributed by atoms with van der Waals surface area (Å²) < 4.78 is 0. The highest BCUT2D eigenvalue weighted by Gasteiger charge is 2.22. The molecule has 1 N–H and O–H groups in total. The van der Waals surface area contributed by atoms with Gasteiger partial charge in [-0.2, -0.15) is 5.26 Å². The average molecular weight is 368 g/mol. The molecular formula is C21H25N3OS. The fraction of sp³-hybridized carbons (Fsp3) is 0.381. The number of benzene rings is 1. The number of thioether (sulfide) groups is 1. The van der Waals surface area contributed by atoms with Crippen LogP contribution in [-0.4, -0.2) is 16.1 Å². The molecule has 0 saturated carbocycles. The second-order valence-corrected chi connectivity index (χ2v) is 7.73. The van der Waals surface area contributed by atoms with E-state index in [-0.39, 0.29) is 11.2 Å². The van der Waals surface area contributed by atoms with Gasteiger partial charge in [0.1, 0.15) is 11.1 Å². The lowest BCUT2D eigenvalue weighted by Crippen LogP contribution is -2.25. The lowest BCUT2D eigenvalue weighted by molar-refractivity contribution is -0.115. The summed E-state index contributed by atoms with van der Waals surface area (Å²) in [6.07, 6.45) is 0.653. The van der Waals surface area contributed by atoms with Crippen LogP contribution in [0.1, 0.15) is 46.9 Å². The van der Waals surface area contributed by atoms with Gasteiger partial charge in [-0.1, -0.05) is 24.8 Å². The monoisotopic (exact) mass is 367 g/mol. The first-order valence-electron chi connectivity index (χ1n) is 8.71. The largest absolute Gasteiger partial charge is 0.325 e. The maximum atomic E-state index is 12.7. The third-order valence-electron chi connectivity index (χ3n) is 4.77. The minimum absolute atomic E-state index is 0.0673. The summed E-state index contributed by atoms with van der Waals surface area (Å²) in [6.45, 7) is 11.9. The summed E-state index contributed by atoms with van der Waals surface area (Å²) in [5.74, 6) is -0.0673. The first kappa shape index (κ1) is 20.0. The normalized spacial score (nSPS) is 11.7. The van der Waals surface area contributed by atoms with Crippen molar-refractivity contribution in [3.05, 3.63) is 51.7 Å². The molecule has 0 aliphatic heterocycles. The van der Waals surface area contributed by atoms with Gasteiger partial charge in [-0.15, -0.1) is 0 Å². The minimum Gasteiger partial charge on any atom is -0.325 e. The Bertz CT molecular complexity index is 884. The number of nitrogens with zero attached hydrogens (tertiary/aromatic N) is 2. The Morgan fingerprint density at radius 2 is 1.88 bits per heavy atom. The number of pyridine rings is 1. The van der Waals surface area contributed by atoms with Crippen molar-refractivity contribution < 1.29 is 4.79 Å². The Balaban J connectivity index is 2.25. The molecule has 0 fully saturated rings. The smallest absolute Gasteiger partial charge is 0.237 e. The van der Waals surface area contributed by atoms with Crippen LogP contribution in [0.4, 0.5) is 5.69 Å². The quantitative estimate of drug-likeness (QED) is 0.755. The van der Waals surface area contributed by atoms with Crippen molar-refractivity contribution in [3.8, 4) is 6.07 Å². The lowest BCUT2D eigenvalue weighted by Gasteiger charge is -2.17. The van der Waals surface area contributed by atoms with Crippen molar-refractivity contribution in [2.45, 2.75) is 58.2 Å². The number of aryl methyl sites for hydroxylation is 3. The molecule has 0 saturated heterocycles. The highest BCUT2D eigenvalue weighted by molar-refractivity contribution is 8.00. The van der Waals surface area contributed by atoms with Gasteiger partial charge < -0.3 is 5.32 Å². The van der Waals surface area contributed by atoms with Crippen molar-refractivity contribution in [1.29, 1.82) is 5.26 Å². The summed E-state index contributed by atoms with van der Waals surface area (Å²) in [6, 6.07) is 8.14. The van der Waals surface area contributed by atoms with Gasteiger partial charge in [0.25, 0.3) is 0 Å². The van der Waals surface area contributed by atoms with E-state index in [2.05, 4.69) is 16.4 Å². The molecule has 1 amide bonds. The molecule has 0 bridgehead atoms. The number of nitriles is 1. The maximum Gasteiger partial charge on any atom is 0.237 e. The zero-order chi connectivity index (χ0) is 19.4. The van der Waals surface area contributed by atoms with E-state index in [1.54, 1.807) is 0 Å². The molecule has 2 aromatic rings. The van der Waals surface area contributed by atoms with Crippen LogP contribution in [0.25, 0.3) is 0 Å². The van der Waals surface area contributed by atoms with Crippen molar-refractivity contribution in [2.24, 2.45) is 0 Å². The fourth-order valence-corrected chi connectivity index (χ4v) is 3.74. The van der Waals surface area contributed by atoms with Crippen molar-refractivity contribution in [3.63, 3.8) is 0 Å². The second-order valence-electron chi connectivity index (χ2n) is 6.54. The zero-order valence-electron chi connectivity index (χ0n) is 16.2. The number of hydrogen-bond donors (Lipinski definition) is 1. The number of hydrogen-bond acceptors (Lipinski definition) is 4. The number of nitrogens with one attached hydrogen (secondary N) is 1. The Morgan fingerprint density at radius 3 is 2.46 bits per heavy atom. The number of aromatic nitrogens is 1. The topological polar surface area (TPSA) is 65.8 Å². The van der Waals surface area contributed by atoms with Gasteiger partial charge in [-0.25, -0.2) is 4.98 Å². The molecule has 2 rings (SSSR count). The van der Waals surface area contributed by atoms with E-state index in [0.717, 1.165) is 28.1 Å². The first-order chi connectivity index (χ1) is 12.3. The molecule has 1 atom stereocenters. The van der Waals surface area contributed by atoms with Gasteiger partial charge in [-0.3, -0.25) is 4.79 Å². The van der Waals surface area contributed by atoms with E-state index in [1.165, 1.54) is 17.3 Å². The van der Waals surface area contributed by atoms with Crippen LogP contribution in [0.2, 0.25) is 0 Å². The Kier molecular flexibility index (Phi) is 6.44. The SMILES string of the molecule is CCC(Sc1nc(C)c(C)c(C)c1C#N)C(=O)Nc1ccc(C)c(C)c1. The second kappa shape index (κ2) is 8.37. The van der Waals surface area contributed by atoms with Gasteiger partial charge in [0.05, 0.1) is 10.8 Å². The molecule has 0 aliphatic rings. The Labute approximate surface area is 160 Å². The zero-order valence-corrected chi connectivity index (χ0v) is 17.0. The maximum absolute atomic E-state index is 12.7. The van der Waals surface area contributed by atoms with Gasteiger partial charge in [-0.05, 0) is 75.4 Å². The number of carbonyl (C=O) groups is 1. The molecule has 1 unspecified atom stereocenters. The number of rotatable bonds is 5. The summed E-state index contributed by atoms with van der Waals surface area (Å²) in [5, 5.41) is 12.8. The third kappa shape index (κ3) is 4.25. The van der Waals surface area contributed by atoms with Crippen LogP contribution >= 0.6 is 11.8 Å². The summed E-state index contributed by atoms with van der Waals surface area (Å²) in [4.78, 5) is 17.3. The van der Waals surface area contributed by atoms with Crippen molar-refractivity contribution in [2.75, 3.05) is 5.32 Å². The fourth-order valence-electron chi connectivity index (χ4n) is 2.63. The highest BCUT2D eigenvalue weighted by Crippen LogP contribution is 2.31. The van der Waals surface area contributed by atoms with Crippen LogP contribution in [0.15, 0.2) is 23.2 Å². The van der Waals surface area contributed by atoms with E-state index < -0.39 is 0 Å². The molecule has 136 valence electrons. The molecule has 5 heteroatoms. The van der Waals surface area contributed by atoms with Gasteiger partial charge in [0, 0.05) is 11.4 Å². The van der Waals surface area contributed by atoms with Crippen molar-refractivity contribution >= 4 is 23.4 Å². The van der Waals surface area contributed by atoms with E-state index in [1.807, 2.05) is 59.7 Å².